The first-order valence-corrected chi connectivity index (χ1v) is 8.61. The number of aryl methyl sites for hydroxylation is 1. The van der Waals surface area contributed by atoms with Gasteiger partial charge in [0.1, 0.15) is 5.82 Å². The van der Waals surface area contributed by atoms with Crippen molar-refractivity contribution in [1.29, 1.82) is 0 Å². The summed E-state index contributed by atoms with van der Waals surface area (Å²) in [7, 11) is 2.04. The van der Waals surface area contributed by atoms with Gasteiger partial charge in [-0.1, -0.05) is 30.3 Å². The van der Waals surface area contributed by atoms with Crippen LogP contribution in [-0.4, -0.2) is 20.6 Å². The van der Waals surface area contributed by atoms with Crippen LogP contribution in [0.15, 0.2) is 48.5 Å². The predicted molar refractivity (Wildman–Crippen MR) is 97.3 cm³/mol. The monoisotopic (exact) mass is 335 g/mol. The van der Waals surface area contributed by atoms with Gasteiger partial charge in [-0.25, -0.2) is 4.98 Å². The number of nitrogens with zero attached hydrogens (tertiary/aromatic N) is 2. The lowest BCUT2D eigenvalue weighted by Crippen LogP contribution is -2.15. The number of benzene rings is 2. The van der Waals surface area contributed by atoms with E-state index < -0.39 is 6.10 Å². The number of aliphatic hydroxyl groups is 1. The summed E-state index contributed by atoms with van der Waals surface area (Å²) in [6.07, 6.45) is 1.63. The third-order valence-corrected chi connectivity index (χ3v) is 4.70. The minimum atomic E-state index is -0.804. The molecule has 1 heterocycles. The fraction of sp³-hybridized carbons (Fsp3) is 0.300. The van der Waals surface area contributed by atoms with Crippen molar-refractivity contribution in [3.8, 4) is 0 Å². The van der Waals surface area contributed by atoms with E-state index in [1.54, 1.807) is 0 Å². The number of fused-ring (bicyclic) bond motifs is 1. The smallest absolute Gasteiger partial charge is 0.227 e. The van der Waals surface area contributed by atoms with Crippen molar-refractivity contribution in [2.75, 3.05) is 5.32 Å². The summed E-state index contributed by atoms with van der Waals surface area (Å²) in [5.41, 5.74) is 3.42. The van der Waals surface area contributed by atoms with Gasteiger partial charge in [-0.3, -0.25) is 4.79 Å². The quantitative estimate of drug-likeness (QED) is 0.750. The van der Waals surface area contributed by atoms with Crippen LogP contribution in [0.25, 0.3) is 11.0 Å². The standard InChI is InChI=1S/C20H21N3O2/c1-23-17-10-9-15(11-16(17)22-20(23)14-7-8-14)21-19(25)12-18(24)13-5-3-2-4-6-13/h2-6,9-11,14,18,24H,7-8,12H2,1H3,(H,21,25). The van der Waals surface area contributed by atoms with Crippen molar-refractivity contribution >= 4 is 22.6 Å². The van der Waals surface area contributed by atoms with Gasteiger partial charge in [0.05, 0.1) is 23.6 Å². The molecule has 4 rings (SSSR count). The average Bonchev–Trinajstić information content (AvgIpc) is 3.40. The molecular formula is C20H21N3O2. The summed E-state index contributed by atoms with van der Waals surface area (Å²) in [5, 5.41) is 13.0. The summed E-state index contributed by atoms with van der Waals surface area (Å²) in [4.78, 5) is 16.9. The number of nitrogens with one attached hydrogen (secondary N) is 1. The fourth-order valence-corrected chi connectivity index (χ4v) is 3.18. The lowest BCUT2D eigenvalue weighted by Gasteiger charge is -2.11. The highest BCUT2D eigenvalue weighted by molar-refractivity contribution is 5.93. The van der Waals surface area contributed by atoms with Crippen molar-refractivity contribution < 1.29 is 9.90 Å². The molecule has 3 aromatic rings. The number of imidazole rings is 1. The van der Waals surface area contributed by atoms with Crippen LogP contribution < -0.4 is 5.32 Å². The second kappa shape index (κ2) is 6.33. The Balaban J connectivity index is 1.47. The van der Waals surface area contributed by atoms with E-state index in [1.165, 1.54) is 12.8 Å². The Kier molecular flexibility index (Phi) is 4.01. The van der Waals surface area contributed by atoms with Crippen molar-refractivity contribution in [2.45, 2.75) is 31.3 Å². The molecule has 1 saturated carbocycles. The molecule has 1 unspecified atom stereocenters. The summed E-state index contributed by atoms with van der Waals surface area (Å²) in [5.74, 6) is 1.49. The summed E-state index contributed by atoms with van der Waals surface area (Å²) < 4.78 is 2.14. The minimum absolute atomic E-state index is 0.0254. The molecule has 0 aliphatic heterocycles. The molecule has 1 aliphatic carbocycles. The van der Waals surface area contributed by atoms with E-state index in [2.05, 4.69) is 9.88 Å². The Bertz CT molecular complexity index is 913. The van der Waals surface area contributed by atoms with Crippen LogP contribution in [0.3, 0.4) is 0 Å². The molecule has 2 aromatic carbocycles. The van der Waals surface area contributed by atoms with E-state index in [0.29, 0.717) is 11.6 Å². The first kappa shape index (κ1) is 15.8. The average molecular weight is 335 g/mol. The van der Waals surface area contributed by atoms with Crippen LogP contribution in [-0.2, 0) is 11.8 Å². The second-order valence-electron chi connectivity index (χ2n) is 6.69. The van der Waals surface area contributed by atoms with Crippen LogP contribution in [0.4, 0.5) is 5.69 Å². The number of amides is 1. The van der Waals surface area contributed by atoms with Crippen molar-refractivity contribution in [3.05, 3.63) is 59.9 Å². The number of carbonyl (C=O) groups is 1. The molecule has 0 bridgehead atoms. The fourth-order valence-electron chi connectivity index (χ4n) is 3.18. The highest BCUT2D eigenvalue weighted by Gasteiger charge is 2.28. The van der Waals surface area contributed by atoms with Crippen molar-refractivity contribution in [2.24, 2.45) is 7.05 Å². The molecule has 0 radical (unpaired) electrons. The normalized spacial score (nSPS) is 15.3. The molecule has 1 aromatic heterocycles. The topological polar surface area (TPSA) is 67.2 Å². The zero-order valence-electron chi connectivity index (χ0n) is 14.1. The molecule has 128 valence electrons. The Morgan fingerprint density at radius 3 is 2.76 bits per heavy atom. The van der Waals surface area contributed by atoms with E-state index >= 15 is 0 Å². The number of anilines is 1. The molecule has 25 heavy (non-hydrogen) atoms. The SMILES string of the molecule is Cn1c(C2CC2)nc2cc(NC(=O)CC(O)c3ccccc3)ccc21. The Morgan fingerprint density at radius 1 is 1.28 bits per heavy atom. The van der Waals surface area contributed by atoms with Crippen LogP contribution in [0.2, 0.25) is 0 Å². The van der Waals surface area contributed by atoms with Gasteiger partial charge in [0.25, 0.3) is 0 Å². The summed E-state index contributed by atoms with van der Waals surface area (Å²) in [6, 6.07) is 15.0. The maximum Gasteiger partial charge on any atom is 0.227 e. The highest BCUT2D eigenvalue weighted by atomic mass is 16.3. The zero-order valence-corrected chi connectivity index (χ0v) is 14.1. The first-order chi connectivity index (χ1) is 12.1. The van der Waals surface area contributed by atoms with Crippen LogP contribution >= 0.6 is 0 Å². The maximum absolute atomic E-state index is 12.2. The highest BCUT2D eigenvalue weighted by Crippen LogP contribution is 2.40. The third kappa shape index (κ3) is 3.28. The third-order valence-electron chi connectivity index (χ3n) is 4.70. The molecule has 1 fully saturated rings. The minimum Gasteiger partial charge on any atom is -0.388 e. The number of hydrogen-bond donors (Lipinski definition) is 2. The van der Waals surface area contributed by atoms with Crippen LogP contribution in [0.5, 0.6) is 0 Å². The van der Waals surface area contributed by atoms with Gasteiger partial charge in [-0.15, -0.1) is 0 Å². The van der Waals surface area contributed by atoms with Crippen LogP contribution in [0, 0.1) is 0 Å². The number of aromatic nitrogens is 2. The van der Waals surface area contributed by atoms with Gasteiger partial charge in [0, 0.05) is 18.7 Å². The molecule has 1 amide bonds. The number of carbonyl (C=O) groups excluding carboxylic acids is 1. The lowest BCUT2D eigenvalue weighted by molar-refractivity contribution is -0.118. The first-order valence-electron chi connectivity index (χ1n) is 8.61. The number of hydrogen-bond acceptors (Lipinski definition) is 3. The summed E-state index contributed by atoms with van der Waals surface area (Å²) >= 11 is 0. The Morgan fingerprint density at radius 2 is 2.04 bits per heavy atom. The van der Waals surface area contributed by atoms with Crippen molar-refractivity contribution in [3.63, 3.8) is 0 Å². The molecule has 0 spiro atoms. The molecule has 1 aliphatic rings. The van der Waals surface area contributed by atoms with E-state index in [1.807, 2.05) is 55.6 Å². The lowest BCUT2D eigenvalue weighted by atomic mass is 10.1. The molecule has 2 N–H and O–H groups in total. The molecule has 5 nitrogen and oxygen atoms in total. The second-order valence-corrected chi connectivity index (χ2v) is 6.69. The molecule has 5 heteroatoms. The van der Waals surface area contributed by atoms with Gasteiger partial charge >= 0.3 is 0 Å². The number of rotatable bonds is 5. The van der Waals surface area contributed by atoms with E-state index in [0.717, 1.165) is 22.4 Å². The summed E-state index contributed by atoms with van der Waals surface area (Å²) in [6.45, 7) is 0. The van der Waals surface area contributed by atoms with Gasteiger partial charge in [-0.05, 0) is 36.6 Å². The molecular weight excluding hydrogens is 314 g/mol. The van der Waals surface area contributed by atoms with E-state index in [-0.39, 0.29) is 12.3 Å². The van der Waals surface area contributed by atoms with Gasteiger partial charge in [0.15, 0.2) is 0 Å². The Hall–Kier alpha value is -2.66. The molecule has 1 atom stereocenters. The predicted octanol–water partition coefficient (Wildman–Crippen LogP) is 3.51. The van der Waals surface area contributed by atoms with Crippen molar-refractivity contribution in [1.82, 2.24) is 9.55 Å². The van der Waals surface area contributed by atoms with E-state index in [4.69, 9.17) is 4.98 Å². The maximum atomic E-state index is 12.2. The largest absolute Gasteiger partial charge is 0.388 e. The number of aliphatic hydroxyl groups excluding tert-OH is 1. The van der Waals surface area contributed by atoms with Gasteiger partial charge in [0.2, 0.25) is 5.91 Å². The van der Waals surface area contributed by atoms with Crippen LogP contribution in [0.1, 0.15) is 42.7 Å². The van der Waals surface area contributed by atoms with Gasteiger partial charge in [-0.2, -0.15) is 0 Å². The zero-order chi connectivity index (χ0) is 17.4. The molecule has 0 saturated heterocycles. The van der Waals surface area contributed by atoms with E-state index in [9.17, 15) is 9.90 Å². The van der Waals surface area contributed by atoms with Gasteiger partial charge < -0.3 is 15.0 Å². The Labute approximate surface area is 146 Å².